The van der Waals surface area contributed by atoms with Crippen molar-refractivity contribution in [3.05, 3.63) is 50.7 Å². The van der Waals surface area contributed by atoms with Crippen molar-refractivity contribution in [3.8, 4) is 0 Å². The van der Waals surface area contributed by atoms with Crippen LogP contribution in [0.15, 0.2) is 28.7 Å². The summed E-state index contributed by atoms with van der Waals surface area (Å²) in [5.41, 5.74) is 1.50. The van der Waals surface area contributed by atoms with Crippen molar-refractivity contribution in [1.29, 1.82) is 0 Å². The van der Waals surface area contributed by atoms with Crippen molar-refractivity contribution in [2.45, 2.75) is 20.4 Å². The lowest BCUT2D eigenvalue weighted by molar-refractivity contribution is 0.0947. The molecule has 1 aromatic carbocycles. The third-order valence-corrected chi connectivity index (χ3v) is 3.23. The van der Waals surface area contributed by atoms with E-state index < -0.39 is 0 Å². The second-order valence-corrected chi connectivity index (χ2v) is 5.19. The van der Waals surface area contributed by atoms with Gasteiger partial charge >= 0.3 is 0 Å². The largest absolute Gasteiger partial charge is 0.444 e. The highest BCUT2D eigenvalue weighted by Gasteiger charge is 2.09. The van der Waals surface area contributed by atoms with Gasteiger partial charge in [-0.25, -0.2) is 4.98 Å². The first-order valence-electron chi connectivity index (χ1n) is 5.53. The quantitative estimate of drug-likeness (QED) is 0.861. The molecular formula is C13H13IN2O2. The molecule has 0 bridgehead atoms. The molecule has 1 amide bonds. The molecule has 1 N–H and O–H groups in total. The number of rotatable bonds is 3. The Morgan fingerprint density at radius 2 is 2.22 bits per heavy atom. The fourth-order valence-electron chi connectivity index (χ4n) is 1.50. The van der Waals surface area contributed by atoms with E-state index in [1.807, 2.05) is 32.0 Å². The van der Waals surface area contributed by atoms with Crippen LogP contribution in [0.2, 0.25) is 0 Å². The van der Waals surface area contributed by atoms with E-state index in [9.17, 15) is 4.79 Å². The number of carbonyl (C=O) groups excluding carboxylic acids is 1. The van der Waals surface area contributed by atoms with Crippen molar-refractivity contribution < 1.29 is 9.21 Å². The van der Waals surface area contributed by atoms with Gasteiger partial charge in [-0.3, -0.25) is 4.79 Å². The number of nitrogens with zero attached hydrogens (tertiary/aromatic N) is 1. The van der Waals surface area contributed by atoms with E-state index in [1.165, 1.54) is 0 Å². The Balaban J connectivity index is 2.00. The number of halogens is 1. The predicted molar refractivity (Wildman–Crippen MR) is 76.3 cm³/mol. The summed E-state index contributed by atoms with van der Waals surface area (Å²) in [5.74, 6) is 1.19. The minimum Gasteiger partial charge on any atom is -0.444 e. The number of benzene rings is 1. The summed E-state index contributed by atoms with van der Waals surface area (Å²) >= 11 is 2.18. The monoisotopic (exact) mass is 356 g/mol. The Bertz CT molecular complexity index is 559. The zero-order chi connectivity index (χ0) is 13.1. The van der Waals surface area contributed by atoms with Crippen LogP contribution in [-0.4, -0.2) is 10.9 Å². The van der Waals surface area contributed by atoms with E-state index in [2.05, 4.69) is 32.9 Å². The maximum atomic E-state index is 11.9. The van der Waals surface area contributed by atoms with Crippen LogP contribution in [0.5, 0.6) is 0 Å². The molecule has 0 unspecified atom stereocenters. The van der Waals surface area contributed by atoms with E-state index in [1.54, 1.807) is 6.07 Å². The summed E-state index contributed by atoms with van der Waals surface area (Å²) in [4.78, 5) is 16.1. The van der Waals surface area contributed by atoms with Gasteiger partial charge in [-0.1, -0.05) is 6.07 Å². The summed E-state index contributed by atoms with van der Waals surface area (Å²) in [6.07, 6.45) is 0. The molecule has 0 radical (unpaired) electrons. The van der Waals surface area contributed by atoms with Gasteiger partial charge in [0.15, 0.2) is 0 Å². The maximum Gasteiger partial charge on any atom is 0.251 e. The first-order chi connectivity index (χ1) is 8.56. The molecule has 0 aliphatic rings. The van der Waals surface area contributed by atoms with Crippen LogP contribution in [0.4, 0.5) is 0 Å². The number of carbonyl (C=O) groups is 1. The minimum atomic E-state index is -0.123. The summed E-state index contributed by atoms with van der Waals surface area (Å²) < 4.78 is 6.43. The van der Waals surface area contributed by atoms with Gasteiger partial charge in [0.1, 0.15) is 5.76 Å². The second-order valence-electron chi connectivity index (χ2n) is 3.94. The summed E-state index contributed by atoms with van der Waals surface area (Å²) in [6, 6.07) is 7.42. The number of hydrogen-bond donors (Lipinski definition) is 1. The van der Waals surface area contributed by atoms with Gasteiger partial charge in [0.25, 0.3) is 5.91 Å². The highest BCUT2D eigenvalue weighted by atomic mass is 127. The molecular weight excluding hydrogens is 343 g/mol. The second kappa shape index (κ2) is 5.51. The fraction of sp³-hybridized carbons (Fsp3) is 0.231. The Morgan fingerprint density at radius 3 is 2.83 bits per heavy atom. The zero-order valence-electron chi connectivity index (χ0n) is 10.2. The number of oxazole rings is 1. The van der Waals surface area contributed by atoms with E-state index in [4.69, 9.17) is 4.42 Å². The highest BCUT2D eigenvalue weighted by Crippen LogP contribution is 2.10. The van der Waals surface area contributed by atoms with E-state index >= 15 is 0 Å². The molecule has 0 saturated heterocycles. The van der Waals surface area contributed by atoms with E-state index in [0.29, 0.717) is 18.0 Å². The molecule has 0 aliphatic carbocycles. The molecule has 2 aromatic rings. The summed E-state index contributed by atoms with van der Waals surface area (Å²) in [5, 5.41) is 2.78. The molecule has 0 atom stereocenters. The molecule has 4 nitrogen and oxygen atoms in total. The lowest BCUT2D eigenvalue weighted by Gasteiger charge is -2.02. The SMILES string of the molecule is Cc1nc(CNC(=O)c2cccc(I)c2)oc1C. The molecule has 94 valence electrons. The molecule has 18 heavy (non-hydrogen) atoms. The van der Waals surface area contributed by atoms with Gasteiger partial charge in [-0.2, -0.15) is 0 Å². The number of amides is 1. The highest BCUT2D eigenvalue weighted by molar-refractivity contribution is 14.1. The average molecular weight is 356 g/mol. The summed E-state index contributed by atoms with van der Waals surface area (Å²) in [7, 11) is 0. The number of aromatic nitrogens is 1. The van der Waals surface area contributed by atoms with Crippen molar-refractivity contribution in [2.24, 2.45) is 0 Å². The van der Waals surface area contributed by atoms with E-state index in [0.717, 1.165) is 15.0 Å². The minimum absolute atomic E-state index is 0.123. The maximum absolute atomic E-state index is 11.9. The average Bonchev–Trinajstić information content (AvgIpc) is 2.66. The number of aryl methyl sites for hydroxylation is 2. The third kappa shape index (κ3) is 3.10. The van der Waals surface area contributed by atoms with Crippen LogP contribution in [0.1, 0.15) is 27.7 Å². The topological polar surface area (TPSA) is 55.1 Å². The van der Waals surface area contributed by atoms with Crippen LogP contribution >= 0.6 is 22.6 Å². The lowest BCUT2D eigenvalue weighted by atomic mass is 10.2. The van der Waals surface area contributed by atoms with Gasteiger partial charge in [0.05, 0.1) is 12.2 Å². The third-order valence-electron chi connectivity index (χ3n) is 2.56. The Hall–Kier alpha value is -1.37. The fourth-order valence-corrected chi connectivity index (χ4v) is 2.05. The predicted octanol–water partition coefficient (Wildman–Crippen LogP) is 2.83. The number of nitrogens with one attached hydrogen (secondary N) is 1. The molecule has 5 heteroatoms. The molecule has 0 spiro atoms. The lowest BCUT2D eigenvalue weighted by Crippen LogP contribution is -2.22. The van der Waals surface area contributed by atoms with Crippen molar-refractivity contribution in [1.82, 2.24) is 10.3 Å². The standard InChI is InChI=1S/C13H13IN2O2/c1-8-9(2)18-12(16-8)7-15-13(17)10-4-3-5-11(14)6-10/h3-6H,7H2,1-2H3,(H,15,17). The zero-order valence-corrected chi connectivity index (χ0v) is 12.3. The molecule has 0 aliphatic heterocycles. The van der Waals surface area contributed by atoms with Crippen molar-refractivity contribution in [2.75, 3.05) is 0 Å². The Labute approximate surface area is 119 Å². The van der Waals surface area contributed by atoms with Crippen LogP contribution in [-0.2, 0) is 6.54 Å². The molecule has 1 aromatic heterocycles. The molecule has 0 saturated carbocycles. The summed E-state index contributed by atoms with van der Waals surface area (Å²) in [6.45, 7) is 4.04. The van der Waals surface area contributed by atoms with Crippen LogP contribution < -0.4 is 5.32 Å². The van der Waals surface area contributed by atoms with Crippen LogP contribution in [0, 0.1) is 17.4 Å². The molecule has 0 fully saturated rings. The van der Waals surface area contributed by atoms with Gasteiger partial charge in [-0.15, -0.1) is 0 Å². The van der Waals surface area contributed by atoms with Gasteiger partial charge < -0.3 is 9.73 Å². The molecule has 1 heterocycles. The normalized spacial score (nSPS) is 10.4. The first-order valence-corrected chi connectivity index (χ1v) is 6.61. The van der Waals surface area contributed by atoms with Gasteiger partial charge in [-0.05, 0) is 54.6 Å². The first kappa shape index (κ1) is 13.1. The van der Waals surface area contributed by atoms with Crippen molar-refractivity contribution in [3.63, 3.8) is 0 Å². The van der Waals surface area contributed by atoms with Crippen LogP contribution in [0.25, 0.3) is 0 Å². The Kier molecular flexibility index (Phi) is 4.00. The van der Waals surface area contributed by atoms with Gasteiger partial charge in [0.2, 0.25) is 5.89 Å². The van der Waals surface area contributed by atoms with Crippen LogP contribution in [0.3, 0.4) is 0 Å². The van der Waals surface area contributed by atoms with Crippen molar-refractivity contribution >= 4 is 28.5 Å². The van der Waals surface area contributed by atoms with Gasteiger partial charge in [0, 0.05) is 9.13 Å². The smallest absolute Gasteiger partial charge is 0.251 e. The molecule has 2 rings (SSSR count). The number of hydrogen-bond acceptors (Lipinski definition) is 3. The van der Waals surface area contributed by atoms with E-state index in [-0.39, 0.29) is 5.91 Å². The Morgan fingerprint density at radius 1 is 1.44 bits per heavy atom.